The topological polar surface area (TPSA) is 57.5 Å². The molecule has 3 heteroatoms. The summed E-state index contributed by atoms with van der Waals surface area (Å²) in [6.07, 6.45) is 3.21. The number of carboxylic acid groups (broad SMARTS) is 1. The quantitative estimate of drug-likeness (QED) is 0.614. The number of aliphatic carboxylic acids is 1. The molecule has 2 atom stereocenters. The van der Waals surface area contributed by atoms with Crippen LogP contribution >= 0.6 is 0 Å². The van der Waals surface area contributed by atoms with Crippen LogP contribution in [0.4, 0.5) is 0 Å². The standard InChI is InChI=1S/C9H14O3/c10-8-5-1-2-6(8)4-7(3-5)9(11)12/h5-8,10H,1-4H2,(H,11,12). The van der Waals surface area contributed by atoms with Crippen LogP contribution in [-0.2, 0) is 4.79 Å². The number of rotatable bonds is 1. The summed E-state index contributed by atoms with van der Waals surface area (Å²) < 4.78 is 0. The number of aliphatic hydroxyl groups excluding tert-OH is 1. The summed E-state index contributed by atoms with van der Waals surface area (Å²) in [5, 5.41) is 18.4. The molecule has 0 aliphatic heterocycles. The molecule has 0 aromatic carbocycles. The summed E-state index contributed by atoms with van der Waals surface area (Å²) in [6.45, 7) is 0. The number of carboxylic acids is 1. The van der Waals surface area contributed by atoms with Crippen molar-refractivity contribution in [1.29, 1.82) is 0 Å². The smallest absolute Gasteiger partial charge is 0.306 e. The maximum atomic E-state index is 10.7. The fourth-order valence-corrected chi connectivity index (χ4v) is 2.70. The van der Waals surface area contributed by atoms with Crippen molar-refractivity contribution in [3.63, 3.8) is 0 Å². The molecule has 0 aromatic rings. The van der Waals surface area contributed by atoms with Crippen molar-refractivity contribution in [2.45, 2.75) is 31.8 Å². The molecule has 3 nitrogen and oxygen atoms in total. The van der Waals surface area contributed by atoms with Crippen LogP contribution in [0.25, 0.3) is 0 Å². The van der Waals surface area contributed by atoms with E-state index in [2.05, 4.69) is 0 Å². The van der Waals surface area contributed by atoms with E-state index in [0.717, 1.165) is 12.8 Å². The van der Waals surface area contributed by atoms with Crippen LogP contribution in [0, 0.1) is 17.8 Å². The average Bonchev–Trinajstić information content (AvgIpc) is 2.30. The minimum atomic E-state index is -0.682. The van der Waals surface area contributed by atoms with Crippen molar-refractivity contribution in [3.05, 3.63) is 0 Å². The van der Waals surface area contributed by atoms with E-state index in [9.17, 15) is 9.90 Å². The Kier molecular flexibility index (Phi) is 1.83. The van der Waals surface area contributed by atoms with Crippen molar-refractivity contribution < 1.29 is 15.0 Å². The molecule has 0 aromatic heterocycles. The van der Waals surface area contributed by atoms with Gasteiger partial charge in [0.1, 0.15) is 0 Å². The highest BCUT2D eigenvalue weighted by Crippen LogP contribution is 2.44. The van der Waals surface area contributed by atoms with Gasteiger partial charge in [0.05, 0.1) is 12.0 Å². The number of hydrogen-bond donors (Lipinski definition) is 2. The Labute approximate surface area is 71.4 Å². The minimum absolute atomic E-state index is 0.189. The lowest BCUT2D eigenvalue weighted by Gasteiger charge is -2.29. The van der Waals surface area contributed by atoms with Crippen LogP contribution in [0.15, 0.2) is 0 Å². The first kappa shape index (κ1) is 8.05. The zero-order valence-electron chi connectivity index (χ0n) is 6.94. The molecule has 2 unspecified atom stereocenters. The summed E-state index contributed by atoms with van der Waals surface area (Å²) in [5.41, 5.74) is 0. The molecule has 2 N–H and O–H groups in total. The fraction of sp³-hybridized carbons (Fsp3) is 0.889. The van der Waals surface area contributed by atoms with Crippen LogP contribution < -0.4 is 0 Å². The second-order valence-corrected chi connectivity index (χ2v) is 4.09. The number of aliphatic hydroxyl groups is 1. The van der Waals surface area contributed by atoms with Gasteiger partial charge in [-0.2, -0.15) is 0 Å². The van der Waals surface area contributed by atoms with Crippen molar-refractivity contribution >= 4 is 5.97 Å². The number of hydrogen-bond acceptors (Lipinski definition) is 2. The molecular formula is C9H14O3. The highest BCUT2D eigenvalue weighted by atomic mass is 16.4. The lowest BCUT2D eigenvalue weighted by molar-refractivity contribution is -0.144. The van der Waals surface area contributed by atoms with Gasteiger partial charge in [-0.05, 0) is 37.5 Å². The molecule has 0 spiro atoms. The van der Waals surface area contributed by atoms with Gasteiger partial charge >= 0.3 is 5.97 Å². The molecule has 0 heterocycles. The van der Waals surface area contributed by atoms with Crippen molar-refractivity contribution in [2.24, 2.45) is 17.8 Å². The highest BCUT2D eigenvalue weighted by Gasteiger charge is 2.43. The van der Waals surface area contributed by atoms with Gasteiger partial charge in [-0.25, -0.2) is 0 Å². The SMILES string of the molecule is O=C(O)C1CC2CCC(C1)C2O. The maximum absolute atomic E-state index is 10.7. The van der Waals surface area contributed by atoms with Crippen molar-refractivity contribution in [3.8, 4) is 0 Å². The highest BCUT2D eigenvalue weighted by molar-refractivity contribution is 5.70. The zero-order valence-corrected chi connectivity index (χ0v) is 6.94. The third kappa shape index (κ3) is 1.12. The first-order valence-corrected chi connectivity index (χ1v) is 4.59. The molecule has 2 aliphatic rings. The first-order valence-electron chi connectivity index (χ1n) is 4.59. The summed E-state index contributed by atoms with van der Waals surface area (Å²) >= 11 is 0. The summed E-state index contributed by atoms with van der Waals surface area (Å²) in [6, 6.07) is 0. The van der Waals surface area contributed by atoms with Gasteiger partial charge in [0.15, 0.2) is 0 Å². The van der Waals surface area contributed by atoms with Gasteiger partial charge in [0.2, 0.25) is 0 Å². The summed E-state index contributed by atoms with van der Waals surface area (Å²) in [4.78, 5) is 10.7. The number of fused-ring (bicyclic) bond motifs is 2. The molecule has 2 saturated carbocycles. The van der Waals surface area contributed by atoms with Crippen LogP contribution in [0.3, 0.4) is 0 Å². The van der Waals surface area contributed by atoms with Crippen molar-refractivity contribution in [2.75, 3.05) is 0 Å². The van der Waals surface area contributed by atoms with E-state index in [1.807, 2.05) is 0 Å². The Balaban J connectivity index is 2.07. The van der Waals surface area contributed by atoms with Crippen LogP contribution in [0.1, 0.15) is 25.7 Å². The molecule has 12 heavy (non-hydrogen) atoms. The molecule has 68 valence electrons. The van der Waals surface area contributed by atoms with Gasteiger partial charge in [0, 0.05) is 0 Å². The summed E-state index contributed by atoms with van der Waals surface area (Å²) in [5.74, 6) is -0.334. The molecule has 0 radical (unpaired) electrons. The molecule has 2 rings (SSSR count). The zero-order chi connectivity index (χ0) is 8.72. The Bertz CT molecular complexity index is 188. The second kappa shape index (κ2) is 2.73. The van der Waals surface area contributed by atoms with E-state index < -0.39 is 5.97 Å². The van der Waals surface area contributed by atoms with E-state index in [4.69, 9.17) is 5.11 Å². The van der Waals surface area contributed by atoms with E-state index in [-0.39, 0.29) is 23.9 Å². The second-order valence-electron chi connectivity index (χ2n) is 4.09. The van der Waals surface area contributed by atoms with Gasteiger partial charge < -0.3 is 10.2 Å². The Morgan fingerprint density at radius 3 is 2.08 bits per heavy atom. The van der Waals surface area contributed by atoms with Crippen LogP contribution in [0.2, 0.25) is 0 Å². The Morgan fingerprint density at radius 1 is 1.17 bits per heavy atom. The van der Waals surface area contributed by atoms with Gasteiger partial charge in [-0.1, -0.05) is 0 Å². The predicted octanol–water partition coefficient (Wildman–Crippen LogP) is 0.868. The third-order valence-electron chi connectivity index (χ3n) is 3.40. The lowest BCUT2D eigenvalue weighted by Crippen LogP contribution is -2.33. The van der Waals surface area contributed by atoms with Gasteiger partial charge in [-0.15, -0.1) is 0 Å². The van der Waals surface area contributed by atoms with E-state index in [1.165, 1.54) is 0 Å². The van der Waals surface area contributed by atoms with Crippen LogP contribution in [0.5, 0.6) is 0 Å². The predicted molar refractivity (Wildman–Crippen MR) is 42.6 cm³/mol. The molecule has 0 saturated heterocycles. The lowest BCUT2D eigenvalue weighted by atomic mass is 9.79. The molecule has 2 fully saturated rings. The van der Waals surface area contributed by atoms with Crippen LogP contribution in [-0.4, -0.2) is 22.3 Å². The van der Waals surface area contributed by atoms with Gasteiger partial charge in [0.25, 0.3) is 0 Å². The largest absolute Gasteiger partial charge is 0.481 e. The molecule has 0 amide bonds. The van der Waals surface area contributed by atoms with E-state index in [0.29, 0.717) is 12.8 Å². The summed E-state index contributed by atoms with van der Waals surface area (Å²) in [7, 11) is 0. The fourth-order valence-electron chi connectivity index (χ4n) is 2.70. The van der Waals surface area contributed by atoms with E-state index in [1.54, 1.807) is 0 Å². The van der Waals surface area contributed by atoms with E-state index >= 15 is 0 Å². The van der Waals surface area contributed by atoms with Crippen molar-refractivity contribution in [1.82, 2.24) is 0 Å². The molecular weight excluding hydrogens is 156 g/mol. The van der Waals surface area contributed by atoms with Gasteiger partial charge in [-0.3, -0.25) is 4.79 Å². The maximum Gasteiger partial charge on any atom is 0.306 e. The minimum Gasteiger partial charge on any atom is -0.481 e. The molecule has 2 aliphatic carbocycles. The first-order chi connectivity index (χ1) is 5.68. The molecule has 2 bridgehead atoms. The third-order valence-corrected chi connectivity index (χ3v) is 3.40. The monoisotopic (exact) mass is 170 g/mol. The Morgan fingerprint density at radius 2 is 1.67 bits per heavy atom. The normalized spacial score (nSPS) is 46.1. The Hall–Kier alpha value is -0.570. The average molecular weight is 170 g/mol. The number of carbonyl (C=O) groups is 1.